The molecule has 0 N–H and O–H groups in total. The van der Waals surface area contributed by atoms with Crippen LogP contribution in [0.1, 0.15) is 70.6 Å². The van der Waals surface area contributed by atoms with Gasteiger partial charge in [-0.1, -0.05) is 51.1 Å². The zero-order valence-electron chi connectivity index (χ0n) is 26.1. The highest BCUT2D eigenvalue weighted by atomic mass is 32.2. The molecule has 2 nitrogen and oxygen atoms in total. The molecular weight excluding hydrogens is 589 g/mol. The van der Waals surface area contributed by atoms with Crippen LogP contribution in [0.5, 0.6) is 0 Å². The Morgan fingerprint density at radius 3 is 2.00 bits per heavy atom. The van der Waals surface area contributed by atoms with Crippen molar-refractivity contribution in [1.82, 2.24) is 0 Å². The third-order valence-corrected chi connectivity index (χ3v) is 20.2. The maximum absolute atomic E-state index is 7.42. The molecule has 0 bridgehead atoms. The molecule has 8 heteroatoms. The van der Waals surface area contributed by atoms with Crippen molar-refractivity contribution in [2.45, 2.75) is 118 Å². The van der Waals surface area contributed by atoms with Gasteiger partial charge >= 0.3 is 0 Å². The Bertz CT molecular complexity index is 929. The first kappa shape index (κ1) is 34.2. The van der Waals surface area contributed by atoms with Crippen molar-refractivity contribution in [3.63, 3.8) is 0 Å². The number of allylic oxidation sites excluding steroid dienone is 1. The van der Waals surface area contributed by atoms with E-state index >= 15 is 0 Å². The molecule has 0 aromatic heterocycles. The standard InChI is InChI=1S/C31H54O2S4Si2/c1-11-16-25-17-12-13-18-27(25)28(33-38(6,7)8)31(36-21-15-22-37-31)24-26(32-39(9,10)29(2,3)4)23-30(5)34-19-14-20-35-30/h11-13,17-18,26,28H,1,14-16,19-24H2,2-10H3/t26-,28?/m1/s1. The highest BCUT2D eigenvalue weighted by Crippen LogP contribution is 2.58. The van der Waals surface area contributed by atoms with E-state index in [0.717, 1.165) is 19.3 Å². The molecule has 2 atom stereocenters. The van der Waals surface area contributed by atoms with Gasteiger partial charge in [-0.25, -0.2) is 0 Å². The van der Waals surface area contributed by atoms with Crippen molar-refractivity contribution in [3.8, 4) is 0 Å². The van der Waals surface area contributed by atoms with Crippen molar-refractivity contribution >= 4 is 63.7 Å². The lowest BCUT2D eigenvalue weighted by atomic mass is 9.94. The van der Waals surface area contributed by atoms with E-state index < -0.39 is 16.6 Å². The lowest BCUT2D eigenvalue weighted by molar-refractivity contribution is 0.117. The Morgan fingerprint density at radius 1 is 0.897 bits per heavy atom. The molecule has 2 heterocycles. The van der Waals surface area contributed by atoms with Crippen LogP contribution in [-0.2, 0) is 15.3 Å². The second-order valence-corrected chi connectivity index (χ2v) is 29.5. The van der Waals surface area contributed by atoms with E-state index in [1.165, 1.54) is 47.0 Å². The first-order chi connectivity index (χ1) is 18.1. The maximum Gasteiger partial charge on any atom is 0.192 e. The first-order valence-electron chi connectivity index (χ1n) is 14.7. The topological polar surface area (TPSA) is 18.5 Å². The van der Waals surface area contributed by atoms with E-state index in [1.54, 1.807) is 0 Å². The number of hydrogen-bond donors (Lipinski definition) is 0. The Labute approximate surface area is 260 Å². The monoisotopic (exact) mass is 642 g/mol. The summed E-state index contributed by atoms with van der Waals surface area (Å²) in [5.41, 5.74) is 2.72. The van der Waals surface area contributed by atoms with Gasteiger partial charge in [-0.3, -0.25) is 0 Å². The van der Waals surface area contributed by atoms with Crippen molar-refractivity contribution in [3.05, 3.63) is 48.0 Å². The predicted octanol–water partition coefficient (Wildman–Crippen LogP) is 10.6. The van der Waals surface area contributed by atoms with Crippen molar-refractivity contribution in [2.24, 2.45) is 0 Å². The molecular formula is C31H54O2S4Si2. The molecule has 0 amide bonds. The minimum absolute atomic E-state index is 0.0422. The fourth-order valence-electron chi connectivity index (χ4n) is 5.12. The fraction of sp³-hybridized carbons (Fsp3) is 0.742. The molecule has 1 aromatic carbocycles. The van der Waals surface area contributed by atoms with E-state index in [-0.39, 0.29) is 25.4 Å². The van der Waals surface area contributed by atoms with Gasteiger partial charge in [0.05, 0.1) is 14.3 Å². The average molecular weight is 643 g/mol. The average Bonchev–Trinajstić information content (AvgIpc) is 2.82. The van der Waals surface area contributed by atoms with E-state index in [9.17, 15) is 0 Å². The van der Waals surface area contributed by atoms with E-state index in [0.29, 0.717) is 0 Å². The van der Waals surface area contributed by atoms with Crippen LogP contribution in [0.25, 0.3) is 0 Å². The van der Waals surface area contributed by atoms with Crippen LogP contribution in [0.15, 0.2) is 36.9 Å². The van der Waals surface area contributed by atoms with Gasteiger partial charge in [-0.05, 0) is 111 Å². The Morgan fingerprint density at radius 2 is 1.46 bits per heavy atom. The van der Waals surface area contributed by atoms with Crippen LogP contribution in [0, 0.1) is 0 Å². The molecule has 0 spiro atoms. The lowest BCUT2D eigenvalue weighted by Gasteiger charge is -2.49. The van der Waals surface area contributed by atoms with Crippen LogP contribution >= 0.6 is 47.0 Å². The predicted molar refractivity (Wildman–Crippen MR) is 189 cm³/mol. The van der Waals surface area contributed by atoms with E-state index in [1.807, 2.05) is 6.08 Å². The highest BCUT2D eigenvalue weighted by Gasteiger charge is 2.50. The lowest BCUT2D eigenvalue weighted by Crippen LogP contribution is -2.49. The van der Waals surface area contributed by atoms with Gasteiger partial charge in [-0.2, -0.15) is 0 Å². The molecule has 0 saturated carbocycles. The minimum Gasteiger partial charge on any atom is -0.414 e. The number of benzene rings is 1. The second kappa shape index (κ2) is 14.0. The summed E-state index contributed by atoms with van der Waals surface area (Å²) in [6.07, 6.45) is 7.90. The van der Waals surface area contributed by atoms with Crippen LogP contribution in [0.3, 0.4) is 0 Å². The third kappa shape index (κ3) is 9.60. The molecule has 3 rings (SSSR count). The largest absolute Gasteiger partial charge is 0.414 e. The molecule has 0 radical (unpaired) electrons. The summed E-state index contributed by atoms with van der Waals surface area (Å²) in [4.78, 5) is 0. The van der Waals surface area contributed by atoms with Crippen LogP contribution < -0.4 is 0 Å². The molecule has 2 aliphatic rings. The van der Waals surface area contributed by atoms with Crippen molar-refractivity contribution < 1.29 is 8.85 Å². The normalized spacial score (nSPS) is 21.8. The van der Waals surface area contributed by atoms with Gasteiger partial charge in [0.15, 0.2) is 16.6 Å². The number of rotatable bonds is 12. The van der Waals surface area contributed by atoms with Gasteiger partial charge in [0.25, 0.3) is 0 Å². The molecule has 2 fully saturated rings. The van der Waals surface area contributed by atoms with Crippen molar-refractivity contribution in [2.75, 3.05) is 23.0 Å². The summed E-state index contributed by atoms with van der Waals surface area (Å²) < 4.78 is 14.8. The van der Waals surface area contributed by atoms with E-state index in [4.69, 9.17) is 8.85 Å². The summed E-state index contributed by atoms with van der Waals surface area (Å²) in [5.74, 6) is 4.91. The molecule has 39 heavy (non-hydrogen) atoms. The SMILES string of the molecule is C=CCc1ccccc1C(O[Si](C)(C)C)C1(C[C@@H](CC2(C)SCCCS2)O[Si](C)(C)C(C)(C)C)SCCCS1. The maximum atomic E-state index is 7.42. The fourth-order valence-corrected chi connectivity index (χ4v) is 14.3. The summed E-state index contributed by atoms with van der Waals surface area (Å²) in [6.45, 7) is 25.6. The summed E-state index contributed by atoms with van der Waals surface area (Å²) in [7, 11) is -3.83. The molecule has 1 aromatic rings. The van der Waals surface area contributed by atoms with Gasteiger partial charge in [0.1, 0.15) is 0 Å². The van der Waals surface area contributed by atoms with E-state index in [2.05, 4.69) is 138 Å². The zero-order valence-corrected chi connectivity index (χ0v) is 31.3. The first-order valence-corrected chi connectivity index (χ1v) is 25.0. The quantitative estimate of drug-likeness (QED) is 0.166. The van der Waals surface area contributed by atoms with Crippen LogP contribution in [0.2, 0.25) is 37.8 Å². The van der Waals surface area contributed by atoms with Gasteiger partial charge in [0, 0.05) is 6.10 Å². The Kier molecular flexibility index (Phi) is 12.3. The van der Waals surface area contributed by atoms with Crippen LogP contribution in [-0.4, -0.2) is 53.9 Å². The molecule has 1 unspecified atom stereocenters. The summed E-state index contributed by atoms with van der Waals surface area (Å²) in [5, 5.41) is 0.184. The Balaban J connectivity index is 2.09. The van der Waals surface area contributed by atoms with Gasteiger partial charge < -0.3 is 8.85 Å². The molecule has 2 saturated heterocycles. The smallest absolute Gasteiger partial charge is 0.192 e. The van der Waals surface area contributed by atoms with Gasteiger partial charge in [-0.15, -0.1) is 53.6 Å². The van der Waals surface area contributed by atoms with Gasteiger partial charge in [0.2, 0.25) is 0 Å². The Hall–Kier alpha value is 0.714. The number of thioether (sulfide) groups is 4. The number of hydrogen-bond acceptors (Lipinski definition) is 6. The minimum atomic E-state index is -1.97. The molecule has 222 valence electrons. The third-order valence-electron chi connectivity index (χ3n) is 8.04. The zero-order chi connectivity index (χ0) is 29.0. The highest BCUT2D eigenvalue weighted by molar-refractivity contribution is 8.19. The van der Waals surface area contributed by atoms with Crippen LogP contribution in [0.4, 0.5) is 0 Å². The summed E-state index contributed by atoms with van der Waals surface area (Å²) in [6, 6.07) is 8.99. The second-order valence-electron chi connectivity index (χ2n) is 13.8. The molecule has 2 aliphatic heterocycles. The van der Waals surface area contributed by atoms with Crippen molar-refractivity contribution in [1.29, 1.82) is 0 Å². The summed E-state index contributed by atoms with van der Waals surface area (Å²) >= 11 is 8.64. The molecule has 0 aliphatic carbocycles.